The van der Waals surface area contributed by atoms with E-state index < -0.39 is 5.97 Å². The van der Waals surface area contributed by atoms with Crippen molar-refractivity contribution in [1.82, 2.24) is 4.90 Å². The molecule has 1 aromatic rings. The summed E-state index contributed by atoms with van der Waals surface area (Å²) in [6.07, 6.45) is 0.254. The van der Waals surface area contributed by atoms with Crippen LogP contribution in [0.1, 0.15) is 13.3 Å². The van der Waals surface area contributed by atoms with Gasteiger partial charge in [-0.25, -0.2) is 4.39 Å². The fourth-order valence-corrected chi connectivity index (χ4v) is 2.44. The van der Waals surface area contributed by atoms with Crippen molar-refractivity contribution >= 4 is 23.6 Å². The lowest BCUT2D eigenvalue weighted by atomic mass is 10.3. The van der Waals surface area contributed by atoms with E-state index in [0.29, 0.717) is 17.2 Å². The third-order valence-corrected chi connectivity index (χ3v) is 3.74. The summed E-state index contributed by atoms with van der Waals surface area (Å²) < 4.78 is 17.9. The van der Waals surface area contributed by atoms with Crippen molar-refractivity contribution in [1.29, 1.82) is 0 Å². The molecule has 0 atom stereocenters. The van der Waals surface area contributed by atoms with Crippen molar-refractivity contribution in [3.63, 3.8) is 0 Å². The molecular weight excluding hydrogens is 281 g/mol. The molecule has 20 heavy (non-hydrogen) atoms. The smallest absolute Gasteiger partial charge is 0.325 e. The average Bonchev–Trinajstić information content (AvgIpc) is 2.46. The lowest BCUT2D eigenvalue weighted by Gasteiger charge is -2.19. The molecule has 4 nitrogen and oxygen atoms in total. The van der Waals surface area contributed by atoms with E-state index in [2.05, 4.69) is 4.74 Å². The highest BCUT2D eigenvalue weighted by Gasteiger charge is 2.15. The second kappa shape index (κ2) is 8.58. The zero-order valence-corrected chi connectivity index (χ0v) is 12.4. The zero-order chi connectivity index (χ0) is 15.0. The van der Waals surface area contributed by atoms with Gasteiger partial charge in [-0.1, -0.05) is 12.1 Å². The van der Waals surface area contributed by atoms with E-state index in [1.807, 2.05) is 0 Å². The first kappa shape index (κ1) is 16.5. The van der Waals surface area contributed by atoms with Gasteiger partial charge in [-0.3, -0.25) is 9.59 Å². The minimum Gasteiger partial charge on any atom is -0.468 e. The molecule has 0 aliphatic heterocycles. The van der Waals surface area contributed by atoms with Crippen LogP contribution in [0.15, 0.2) is 29.2 Å². The highest BCUT2D eigenvalue weighted by atomic mass is 32.2. The Labute approximate surface area is 122 Å². The minimum absolute atomic E-state index is 0.0454. The maximum absolute atomic E-state index is 13.4. The summed E-state index contributed by atoms with van der Waals surface area (Å²) in [6.45, 7) is 2.19. The van der Waals surface area contributed by atoms with Crippen LogP contribution in [0.4, 0.5) is 4.39 Å². The standard InChI is InChI=1S/C14H18FNO3S/c1-3-16(10-14(18)19-2)13(17)8-9-20-12-7-5-4-6-11(12)15/h4-7H,3,8-10H2,1-2H3. The number of benzene rings is 1. The molecule has 0 aliphatic rings. The Morgan fingerprint density at radius 3 is 2.65 bits per heavy atom. The Kier molecular flexibility index (Phi) is 7.08. The quantitative estimate of drug-likeness (QED) is 0.572. The molecule has 0 aromatic heterocycles. The Morgan fingerprint density at radius 1 is 1.35 bits per heavy atom. The van der Waals surface area contributed by atoms with Crippen LogP contribution in [0.3, 0.4) is 0 Å². The largest absolute Gasteiger partial charge is 0.468 e. The van der Waals surface area contributed by atoms with Crippen molar-refractivity contribution in [2.75, 3.05) is 26.0 Å². The molecule has 0 fully saturated rings. The summed E-state index contributed by atoms with van der Waals surface area (Å²) in [5.41, 5.74) is 0. The number of carbonyl (C=O) groups is 2. The van der Waals surface area contributed by atoms with Crippen LogP contribution in [0.25, 0.3) is 0 Å². The van der Waals surface area contributed by atoms with Gasteiger partial charge in [0.1, 0.15) is 12.4 Å². The normalized spacial score (nSPS) is 10.2. The molecule has 0 aliphatic carbocycles. The lowest BCUT2D eigenvalue weighted by Crippen LogP contribution is -2.36. The van der Waals surface area contributed by atoms with E-state index in [4.69, 9.17) is 0 Å². The number of hydrogen-bond acceptors (Lipinski definition) is 4. The number of esters is 1. The lowest BCUT2D eigenvalue weighted by molar-refractivity contribution is -0.146. The van der Waals surface area contributed by atoms with Gasteiger partial charge in [0.2, 0.25) is 5.91 Å². The number of nitrogens with zero attached hydrogens (tertiary/aromatic N) is 1. The van der Waals surface area contributed by atoms with Crippen molar-refractivity contribution in [3.8, 4) is 0 Å². The maximum atomic E-state index is 13.4. The number of ether oxygens (including phenoxy) is 1. The van der Waals surface area contributed by atoms with Gasteiger partial charge in [0.05, 0.1) is 7.11 Å². The van der Waals surface area contributed by atoms with Crippen LogP contribution in [0, 0.1) is 5.82 Å². The van der Waals surface area contributed by atoms with Crippen LogP contribution in [0.2, 0.25) is 0 Å². The average molecular weight is 299 g/mol. The van der Waals surface area contributed by atoms with E-state index in [-0.39, 0.29) is 24.7 Å². The molecule has 1 aromatic carbocycles. The van der Waals surface area contributed by atoms with Gasteiger partial charge in [0, 0.05) is 23.6 Å². The van der Waals surface area contributed by atoms with Gasteiger partial charge < -0.3 is 9.64 Å². The zero-order valence-electron chi connectivity index (χ0n) is 11.6. The van der Waals surface area contributed by atoms with E-state index in [0.717, 1.165) is 0 Å². The van der Waals surface area contributed by atoms with Crippen molar-refractivity contribution in [3.05, 3.63) is 30.1 Å². The van der Waals surface area contributed by atoms with Crippen LogP contribution in [-0.2, 0) is 14.3 Å². The highest BCUT2D eigenvalue weighted by molar-refractivity contribution is 7.99. The summed E-state index contributed by atoms with van der Waals surface area (Å²) in [5.74, 6) is -0.396. The van der Waals surface area contributed by atoms with Gasteiger partial charge >= 0.3 is 5.97 Å². The number of methoxy groups -OCH3 is 1. The van der Waals surface area contributed by atoms with Gasteiger partial charge in [-0.15, -0.1) is 11.8 Å². The Balaban J connectivity index is 2.42. The molecule has 0 saturated heterocycles. The summed E-state index contributed by atoms with van der Waals surface area (Å²) in [7, 11) is 1.29. The van der Waals surface area contributed by atoms with Crippen LogP contribution >= 0.6 is 11.8 Å². The first-order chi connectivity index (χ1) is 9.58. The second-order valence-corrected chi connectivity index (χ2v) is 5.15. The van der Waals surface area contributed by atoms with Crippen molar-refractivity contribution in [2.45, 2.75) is 18.2 Å². The third-order valence-electron chi connectivity index (χ3n) is 2.69. The summed E-state index contributed by atoms with van der Waals surface area (Å²) in [5, 5.41) is 0. The van der Waals surface area contributed by atoms with Gasteiger partial charge in [-0.05, 0) is 19.1 Å². The van der Waals surface area contributed by atoms with Gasteiger partial charge in [0.25, 0.3) is 0 Å². The van der Waals surface area contributed by atoms with E-state index in [1.165, 1.54) is 29.8 Å². The molecule has 0 radical (unpaired) electrons. The fourth-order valence-electron chi connectivity index (χ4n) is 1.56. The summed E-state index contributed by atoms with van der Waals surface area (Å²) in [6, 6.07) is 6.44. The molecular formula is C14H18FNO3S. The number of carbonyl (C=O) groups excluding carboxylic acids is 2. The predicted octanol–water partition coefficient (Wildman–Crippen LogP) is 2.33. The maximum Gasteiger partial charge on any atom is 0.325 e. The van der Waals surface area contributed by atoms with E-state index in [1.54, 1.807) is 25.1 Å². The van der Waals surface area contributed by atoms with Crippen LogP contribution in [-0.4, -0.2) is 42.7 Å². The molecule has 0 spiro atoms. The highest BCUT2D eigenvalue weighted by Crippen LogP contribution is 2.21. The summed E-state index contributed by atoms with van der Waals surface area (Å²) >= 11 is 1.29. The van der Waals surface area contributed by atoms with Crippen molar-refractivity contribution in [2.24, 2.45) is 0 Å². The van der Waals surface area contributed by atoms with Crippen molar-refractivity contribution < 1.29 is 18.7 Å². The van der Waals surface area contributed by atoms with Gasteiger partial charge in [0.15, 0.2) is 0 Å². The Bertz CT molecular complexity index is 467. The molecule has 0 N–H and O–H groups in total. The molecule has 0 heterocycles. The SMILES string of the molecule is CCN(CC(=O)OC)C(=O)CCSc1ccccc1F. The molecule has 1 rings (SSSR count). The first-order valence-electron chi connectivity index (χ1n) is 6.30. The fraction of sp³-hybridized carbons (Fsp3) is 0.429. The van der Waals surface area contributed by atoms with E-state index in [9.17, 15) is 14.0 Å². The molecule has 6 heteroatoms. The van der Waals surface area contributed by atoms with Crippen LogP contribution in [0.5, 0.6) is 0 Å². The molecule has 0 unspecified atom stereocenters. The topological polar surface area (TPSA) is 46.6 Å². The number of halogens is 1. The third kappa shape index (κ3) is 5.21. The number of amides is 1. The number of hydrogen-bond donors (Lipinski definition) is 0. The van der Waals surface area contributed by atoms with E-state index >= 15 is 0 Å². The first-order valence-corrected chi connectivity index (χ1v) is 7.29. The van der Waals surface area contributed by atoms with Crippen LogP contribution < -0.4 is 0 Å². The molecule has 0 saturated carbocycles. The molecule has 110 valence electrons. The van der Waals surface area contributed by atoms with Gasteiger partial charge in [-0.2, -0.15) is 0 Å². The number of rotatable bonds is 7. The Hall–Kier alpha value is -1.56. The minimum atomic E-state index is -0.443. The molecule has 1 amide bonds. The number of thioether (sulfide) groups is 1. The monoisotopic (exact) mass is 299 g/mol. The predicted molar refractivity (Wildman–Crippen MR) is 76.0 cm³/mol. The second-order valence-electron chi connectivity index (χ2n) is 4.01. The summed E-state index contributed by atoms with van der Waals surface area (Å²) in [4.78, 5) is 25.0. The number of likely N-dealkylation sites (N-methyl/N-ethyl adjacent to an activating group) is 1. The molecule has 0 bridgehead atoms. The Morgan fingerprint density at radius 2 is 2.05 bits per heavy atom.